The largest absolute Gasteiger partial charge is 0.217 e. The molecular formula is C44H32N4+4. The Balaban J connectivity index is 1.13. The number of hydrogen-bond acceptors (Lipinski definition) is 0. The third kappa shape index (κ3) is 3.96. The molecule has 4 aliphatic rings. The minimum absolute atomic E-state index is 0.826. The zero-order chi connectivity index (χ0) is 31.3. The summed E-state index contributed by atoms with van der Waals surface area (Å²) >= 11 is 0. The van der Waals surface area contributed by atoms with E-state index in [1.165, 1.54) is 98.0 Å². The molecule has 0 amide bonds. The smallest absolute Gasteiger partial charge is 0.177 e. The van der Waals surface area contributed by atoms with Gasteiger partial charge in [0.25, 0.3) is 0 Å². The van der Waals surface area contributed by atoms with Gasteiger partial charge in [0.2, 0.25) is 0 Å². The lowest BCUT2D eigenvalue weighted by atomic mass is 9.90. The molecule has 48 heavy (non-hydrogen) atoms. The van der Waals surface area contributed by atoms with Crippen LogP contribution in [0, 0.1) is 0 Å². The van der Waals surface area contributed by atoms with Crippen LogP contribution in [0.1, 0.15) is 33.4 Å². The average molecular weight is 617 g/mol. The van der Waals surface area contributed by atoms with Crippen molar-refractivity contribution in [3.05, 3.63) is 168 Å². The van der Waals surface area contributed by atoms with Crippen LogP contribution in [0.5, 0.6) is 0 Å². The molecule has 4 aliphatic heterocycles. The van der Waals surface area contributed by atoms with Crippen LogP contribution in [0.15, 0.2) is 135 Å². The second-order valence-corrected chi connectivity index (χ2v) is 13.8. The van der Waals surface area contributed by atoms with Gasteiger partial charge in [-0.25, -0.2) is 9.97 Å². The third-order valence-corrected chi connectivity index (χ3v) is 10.7. The first-order valence-corrected chi connectivity index (χ1v) is 16.9. The molecule has 0 spiro atoms. The maximum atomic E-state index is 3.39. The SMILES string of the molecule is c1cc2ccc1Cc1cc3c[nH+]cc4ccc5c[n+](cc1c5c43)Cc1ccc(cc1)C[n+]1cc3ccc4c[nH+]cc5cc(c(c1)c3c45)C2. The monoisotopic (exact) mass is 616 g/mol. The number of nitrogens with zero attached hydrogens (tertiary/aromatic N) is 2. The first-order valence-electron chi connectivity index (χ1n) is 16.9. The Morgan fingerprint density at radius 1 is 0.375 bits per heavy atom. The third-order valence-electron chi connectivity index (χ3n) is 10.7. The van der Waals surface area contributed by atoms with Gasteiger partial charge in [-0.05, 0) is 71.5 Å². The summed E-state index contributed by atoms with van der Waals surface area (Å²) in [4.78, 5) is 6.79. The summed E-state index contributed by atoms with van der Waals surface area (Å²) in [6.07, 6.45) is 19.7. The maximum absolute atomic E-state index is 3.39. The molecule has 0 radical (unpaired) electrons. The van der Waals surface area contributed by atoms with Crippen LogP contribution in [0.4, 0.5) is 0 Å². The van der Waals surface area contributed by atoms with Crippen LogP contribution in [-0.2, 0) is 25.9 Å². The number of rotatable bonds is 0. The molecule has 0 fully saturated rings. The average Bonchev–Trinajstić information content (AvgIpc) is 3.11. The lowest BCUT2D eigenvalue weighted by molar-refractivity contribution is -0.686. The Bertz CT molecular complexity index is 2670. The van der Waals surface area contributed by atoms with E-state index in [2.05, 4.69) is 154 Å². The van der Waals surface area contributed by atoms with E-state index in [0.717, 1.165) is 25.9 Å². The Hall–Kier alpha value is -6.00. The first-order chi connectivity index (χ1) is 23.7. The molecule has 8 heterocycles. The number of benzene rings is 6. The summed E-state index contributed by atoms with van der Waals surface area (Å²) in [6, 6.07) is 32.4. The van der Waals surface area contributed by atoms with Crippen LogP contribution in [0.25, 0.3) is 64.6 Å². The molecule has 0 atom stereocenters. The molecule has 0 aliphatic carbocycles. The maximum Gasteiger partial charge on any atom is 0.177 e. The Labute approximate surface area is 276 Å². The quantitative estimate of drug-likeness (QED) is 0.127. The van der Waals surface area contributed by atoms with Crippen molar-refractivity contribution in [2.24, 2.45) is 0 Å². The minimum atomic E-state index is 0.826. The van der Waals surface area contributed by atoms with Crippen molar-refractivity contribution < 1.29 is 19.1 Å². The van der Waals surface area contributed by atoms with Crippen molar-refractivity contribution in [2.75, 3.05) is 0 Å². The highest BCUT2D eigenvalue weighted by atomic mass is 14.9. The van der Waals surface area contributed by atoms with E-state index in [9.17, 15) is 0 Å². The summed E-state index contributed by atoms with van der Waals surface area (Å²) in [5.41, 5.74) is 7.99. The summed E-state index contributed by atoms with van der Waals surface area (Å²) in [5.74, 6) is 0. The van der Waals surface area contributed by atoms with Gasteiger partial charge in [-0.3, -0.25) is 0 Å². The highest BCUT2D eigenvalue weighted by molar-refractivity contribution is 6.23. The zero-order valence-corrected chi connectivity index (χ0v) is 26.4. The molecule has 0 saturated carbocycles. The van der Waals surface area contributed by atoms with Gasteiger partial charge >= 0.3 is 0 Å². The van der Waals surface area contributed by atoms with Gasteiger partial charge in [-0.15, -0.1) is 0 Å². The van der Waals surface area contributed by atoms with E-state index < -0.39 is 0 Å². The van der Waals surface area contributed by atoms with Crippen LogP contribution < -0.4 is 19.1 Å². The molecule has 224 valence electrons. The molecule has 14 rings (SSSR count). The van der Waals surface area contributed by atoms with E-state index in [1.54, 1.807) is 0 Å². The van der Waals surface area contributed by atoms with E-state index in [-0.39, 0.29) is 0 Å². The Morgan fingerprint density at radius 3 is 1.23 bits per heavy atom. The second-order valence-electron chi connectivity index (χ2n) is 13.8. The molecule has 2 N–H and O–H groups in total. The van der Waals surface area contributed by atoms with Crippen LogP contribution in [-0.4, -0.2) is 0 Å². The predicted molar refractivity (Wildman–Crippen MR) is 190 cm³/mol. The summed E-state index contributed by atoms with van der Waals surface area (Å²) in [7, 11) is 0. The van der Waals surface area contributed by atoms with Crippen molar-refractivity contribution in [2.45, 2.75) is 25.9 Å². The van der Waals surface area contributed by atoms with Crippen molar-refractivity contribution in [1.29, 1.82) is 0 Å². The van der Waals surface area contributed by atoms with Gasteiger partial charge in [-0.1, -0.05) is 48.5 Å². The van der Waals surface area contributed by atoms with Gasteiger partial charge in [0.1, 0.15) is 0 Å². The molecule has 4 heteroatoms. The van der Waals surface area contributed by atoms with Crippen LogP contribution in [0.2, 0.25) is 0 Å². The number of aromatic amines is 2. The molecular weight excluding hydrogens is 585 g/mol. The summed E-state index contributed by atoms with van der Waals surface area (Å²) < 4.78 is 4.75. The topological polar surface area (TPSA) is 36.0 Å². The number of H-pyrrole nitrogens is 2. The summed E-state index contributed by atoms with van der Waals surface area (Å²) in [5, 5.41) is 15.7. The Morgan fingerprint density at radius 2 is 0.771 bits per heavy atom. The second kappa shape index (κ2) is 9.76. The standard InChI is InChI=1S/C44H30N4/c1-2-28-4-3-27(1)13-35-15-37-19-45-17-31-9-11-33-23-47(25-39(35)43(33)41(31)37)21-29-5-7-30(8-6-29)22-48-24-34-12-10-32-18-46-20-38-16-36(14-28)40(26-48)44(34)42(32)38/h1-12,15-20,23-26H,13-14,21-22H2/q+2/p+2. The van der Waals surface area contributed by atoms with E-state index in [0.29, 0.717) is 0 Å². The van der Waals surface area contributed by atoms with Crippen molar-refractivity contribution in [3.63, 3.8) is 0 Å². The van der Waals surface area contributed by atoms with Crippen molar-refractivity contribution in [1.82, 2.24) is 0 Å². The van der Waals surface area contributed by atoms with E-state index in [4.69, 9.17) is 0 Å². The number of pyridine rings is 4. The van der Waals surface area contributed by atoms with Gasteiger partial charge in [0.05, 0.1) is 10.8 Å². The van der Waals surface area contributed by atoms with Crippen LogP contribution >= 0.6 is 0 Å². The fourth-order valence-electron chi connectivity index (χ4n) is 8.51. The fraction of sp³-hybridized carbons (Fsp3) is 0.0909. The summed E-state index contributed by atoms with van der Waals surface area (Å²) in [6.45, 7) is 1.65. The predicted octanol–water partition coefficient (Wildman–Crippen LogP) is 7.28. The minimum Gasteiger partial charge on any atom is -0.217 e. The molecule has 6 aromatic carbocycles. The van der Waals surface area contributed by atoms with Gasteiger partial charge in [0.15, 0.2) is 62.7 Å². The fourth-order valence-corrected chi connectivity index (χ4v) is 8.51. The number of hydrogen-bond donors (Lipinski definition) is 0. The molecule has 0 saturated heterocycles. The van der Waals surface area contributed by atoms with Gasteiger partial charge < -0.3 is 0 Å². The molecule has 4 nitrogen and oxygen atoms in total. The zero-order valence-electron chi connectivity index (χ0n) is 26.4. The number of nitrogens with one attached hydrogen (secondary N) is 2. The highest BCUT2D eigenvalue weighted by Gasteiger charge is 2.21. The van der Waals surface area contributed by atoms with Crippen molar-refractivity contribution in [3.8, 4) is 0 Å². The first kappa shape index (κ1) is 26.1. The Kier molecular flexibility index (Phi) is 5.31. The lowest BCUT2D eigenvalue weighted by Gasteiger charge is -2.14. The lowest BCUT2D eigenvalue weighted by Crippen LogP contribution is -2.34. The molecule has 4 aromatic heterocycles. The molecule has 8 bridgehead atoms. The van der Waals surface area contributed by atoms with Gasteiger partial charge in [-0.2, -0.15) is 9.13 Å². The van der Waals surface area contributed by atoms with Crippen molar-refractivity contribution >= 4 is 64.6 Å². The van der Waals surface area contributed by atoms with Crippen LogP contribution in [0.3, 0.4) is 0 Å². The highest BCUT2D eigenvalue weighted by Crippen LogP contribution is 2.37. The normalized spacial score (nSPS) is 13.5. The van der Waals surface area contributed by atoms with E-state index in [1.807, 2.05) is 0 Å². The molecule has 0 unspecified atom stereocenters. The van der Waals surface area contributed by atoms with E-state index >= 15 is 0 Å². The number of aromatic nitrogens is 4. The molecule has 10 aromatic rings. The van der Waals surface area contributed by atoms with Gasteiger partial charge in [0, 0.05) is 65.0 Å².